The van der Waals surface area contributed by atoms with Crippen LogP contribution in [0.1, 0.15) is 26.4 Å². The fraction of sp³-hybridized carbons (Fsp3) is 0.286. The zero-order valence-corrected chi connectivity index (χ0v) is 11.7. The third kappa shape index (κ3) is 1.89. The summed E-state index contributed by atoms with van der Waals surface area (Å²) in [4.78, 5) is 23.4. The molecular weight excluding hydrogens is 262 g/mol. The number of phenolic OH excluding ortho intramolecular Hbond substituents is 1. The average molecular weight is 277 g/mol. The largest absolute Gasteiger partial charge is 0.505 e. The maximum Gasteiger partial charge on any atom is 0.354 e. The van der Waals surface area contributed by atoms with Gasteiger partial charge in [-0.15, -0.1) is 0 Å². The van der Waals surface area contributed by atoms with Crippen LogP contribution in [0.3, 0.4) is 0 Å². The summed E-state index contributed by atoms with van der Waals surface area (Å²) in [6.45, 7) is 1.69. The Morgan fingerprint density at radius 1 is 1.15 bits per heavy atom. The molecule has 0 saturated heterocycles. The number of rotatable bonds is 2. The Balaban J connectivity index is 2.81. The van der Waals surface area contributed by atoms with Crippen LogP contribution >= 0.6 is 0 Å². The van der Waals surface area contributed by atoms with E-state index in [-0.39, 0.29) is 11.3 Å². The molecule has 0 unspecified atom stereocenters. The van der Waals surface area contributed by atoms with E-state index in [1.165, 1.54) is 18.8 Å². The number of carbonyl (C=O) groups excluding carboxylic acids is 2. The Kier molecular flexibility index (Phi) is 3.40. The Morgan fingerprint density at radius 3 is 2.30 bits per heavy atom. The lowest BCUT2D eigenvalue weighted by molar-refractivity contribution is 0.0585. The molecule has 0 atom stereocenters. The minimum atomic E-state index is -0.622. The molecule has 6 nitrogen and oxygen atoms in total. The van der Waals surface area contributed by atoms with Crippen molar-refractivity contribution in [3.8, 4) is 5.75 Å². The number of fused-ring (bicyclic) bond motifs is 1. The van der Waals surface area contributed by atoms with Crippen LogP contribution in [0.25, 0.3) is 10.9 Å². The van der Waals surface area contributed by atoms with E-state index in [0.29, 0.717) is 22.2 Å². The fourth-order valence-corrected chi connectivity index (χ4v) is 2.30. The van der Waals surface area contributed by atoms with Crippen molar-refractivity contribution in [2.45, 2.75) is 6.92 Å². The van der Waals surface area contributed by atoms with Gasteiger partial charge in [-0.3, -0.25) is 0 Å². The second kappa shape index (κ2) is 4.88. The van der Waals surface area contributed by atoms with Crippen molar-refractivity contribution < 1.29 is 24.2 Å². The lowest BCUT2D eigenvalue weighted by atomic mass is 10.0. The quantitative estimate of drug-likeness (QED) is 0.846. The average Bonchev–Trinajstić information content (AvgIpc) is 2.74. The van der Waals surface area contributed by atoms with Crippen molar-refractivity contribution in [3.63, 3.8) is 0 Å². The van der Waals surface area contributed by atoms with Crippen molar-refractivity contribution in [1.82, 2.24) is 4.57 Å². The first-order valence-corrected chi connectivity index (χ1v) is 5.91. The molecule has 1 N–H and O–H groups in total. The van der Waals surface area contributed by atoms with Gasteiger partial charge in [-0.2, -0.15) is 0 Å². The molecule has 2 aromatic rings. The summed E-state index contributed by atoms with van der Waals surface area (Å²) in [7, 11) is 4.14. The normalized spacial score (nSPS) is 10.6. The van der Waals surface area contributed by atoms with Gasteiger partial charge in [0.25, 0.3) is 0 Å². The lowest BCUT2D eigenvalue weighted by Crippen LogP contribution is -2.08. The number of hydrogen-bond donors (Lipinski definition) is 1. The van der Waals surface area contributed by atoms with Crippen molar-refractivity contribution in [2.75, 3.05) is 14.2 Å². The molecule has 0 amide bonds. The van der Waals surface area contributed by atoms with E-state index in [2.05, 4.69) is 9.47 Å². The first kappa shape index (κ1) is 13.9. The highest BCUT2D eigenvalue weighted by Crippen LogP contribution is 2.34. The highest BCUT2D eigenvalue weighted by molar-refractivity contribution is 6.04. The SMILES string of the molecule is COC(=O)c1c(C)cc2cc(C(=O)OC)n(C)c2c1O. The first-order chi connectivity index (χ1) is 9.42. The fourth-order valence-electron chi connectivity index (χ4n) is 2.30. The standard InChI is InChI=1S/C14H15NO5/c1-7-5-8-6-9(13(17)19-3)15(2)11(8)12(16)10(7)14(18)20-4/h5-6,16H,1-4H3. The van der Waals surface area contributed by atoms with Crippen molar-refractivity contribution in [1.29, 1.82) is 0 Å². The van der Waals surface area contributed by atoms with Crippen molar-refractivity contribution in [3.05, 3.63) is 29.0 Å². The van der Waals surface area contributed by atoms with Gasteiger partial charge in [-0.25, -0.2) is 9.59 Å². The number of aromatic nitrogens is 1. The van der Waals surface area contributed by atoms with Crippen LogP contribution < -0.4 is 0 Å². The second-order valence-corrected chi connectivity index (χ2v) is 4.43. The Labute approximate surface area is 115 Å². The summed E-state index contributed by atoms with van der Waals surface area (Å²) < 4.78 is 10.8. The molecule has 1 heterocycles. The molecule has 0 saturated carbocycles. The van der Waals surface area contributed by atoms with Gasteiger partial charge < -0.3 is 19.1 Å². The molecule has 0 radical (unpaired) electrons. The summed E-state index contributed by atoms with van der Waals surface area (Å²) in [5, 5.41) is 11.0. The summed E-state index contributed by atoms with van der Waals surface area (Å²) in [6.07, 6.45) is 0. The van der Waals surface area contributed by atoms with Crippen LogP contribution in [0.4, 0.5) is 0 Å². The van der Waals surface area contributed by atoms with Crippen LogP contribution in [0.2, 0.25) is 0 Å². The summed E-state index contributed by atoms with van der Waals surface area (Å²) >= 11 is 0. The van der Waals surface area contributed by atoms with Gasteiger partial charge in [0.2, 0.25) is 0 Å². The maximum absolute atomic E-state index is 11.7. The zero-order chi connectivity index (χ0) is 15.0. The van der Waals surface area contributed by atoms with E-state index in [1.807, 2.05) is 0 Å². The third-order valence-corrected chi connectivity index (χ3v) is 3.27. The monoisotopic (exact) mass is 277 g/mol. The summed E-state index contributed by atoms with van der Waals surface area (Å²) in [5.74, 6) is -1.34. The van der Waals surface area contributed by atoms with Crippen molar-refractivity contribution >= 4 is 22.8 Å². The third-order valence-electron chi connectivity index (χ3n) is 3.27. The van der Waals surface area contributed by atoms with Gasteiger partial charge in [0.1, 0.15) is 11.3 Å². The number of carbonyl (C=O) groups is 2. The predicted octanol–water partition coefficient (Wildman–Crippen LogP) is 1.77. The number of ether oxygens (including phenoxy) is 2. The van der Waals surface area contributed by atoms with E-state index in [4.69, 9.17) is 0 Å². The maximum atomic E-state index is 11.7. The number of nitrogens with zero attached hydrogens (tertiary/aromatic N) is 1. The van der Waals surface area contributed by atoms with Gasteiger partial charge in [0, 0.05) is 12.4 Å². The molecule has 0 spiro atoms. The molecule has 0 aliphatic rings. The lowest BCUT2D eigenvalue weighted by Gasteiger charge is -2.09. The summed E-state index contributed by atoms with van der Waals surface area (Å²) in [6, 6.07) is 3.32. The van der Waals surface area contributed by atoms with Gasteiger partial charge in [-0.1, -0.05) is 0 Å². The molecule has 2 rings (SSSR count). The van der Waals surface area contributed by atoms with Crippen LogP contribution in [-0.2, 0) is 16.5 Å². The number of aromatic hydroxyl groups is 1. The minimum Gasteiger partial charge on any atom is -0.505 e. The topological polar surface area (TPSA) is 77.8 Å². The van der Waals surface area contributed by atoms with Gasteiger partial charge >= 0.3 is 11.9 Å². The van der Waals surface area contributed by atoms with Crippen LogP contribution in [-0.4, -0.2) is 35.8 Å². The summed E-state index contributed by atoms with van der Waals surface area (Å²) in [5.41, 5.74) is 1.34. The second-order valence-electron chi connectivity index (χ2n) is 4.43. The number of esters is 2. The Hall–Kier alpha value is -2.50. The van der Waals surface area contributed by atoms with Gasteiger partial charge in [0.05, 0.1) is 19.7 Å². The smallest absolute Gasteiger partial charge is 0.354 e. The number of hydrogen-bond acceptors (Lipinski definition) is 5. The number of methoxy groups -OCH3 is 2. The number of phenols is 1. The zero-order valence-electron chi connectivity index (χ0n) is 11.7. The van der Waals surface area contributed by atoms with E-state index in [9.17, 15) is 14.7 Å². The molecule has 1 aromatic heterocycles. The van der Waals surface area contributed by atoms with Crippen LogP contribution in [0, 0.1) is 6.92 Å². The Morgan fingerprint density at radius 2 is 1.75 bits per heavy atom. The molecule has 0 aliphatic carbocycles. The highest BCUT2D eigenvalue weighted by atomic mass is 16.5. The van der Waals surface area contributed by atoms with E-state index in [0.717, 1.165) is 0 Å². The first-order valence-electron chi connectivity index (χ1n) is 5.91. The van der Waals surface area contributed by atoms with Gasteiger partial charge in [-0.05, 0) is 24.6 Å². The number of aryl methyl sites for hydroxylation is 2. The van der Waals surface area contributed by atoms with Crippen LogP contribution in [0.15, 0.2) is 12.1 Å². The minimum absolute atomic E-state index is 0.0950. The molecule has 0 bridgehead atoms. The van der Waals surface area contributed by atoms with Gasteiger partial charge in [0.15, 0.2) is 5.75 Å². The Bertz CT molecular complexity index is 714. The van der Waals surface area contributed by atoms with E-state index in [1.54, 1.807) is 26.1 Å². The van der Waals surface area contributed by atoms with Crippen molar-refractivity contribution in [2.24, 2.45) is 7.05 Å². The highest BCUT2D eigenvalue weighted by Gasteiger charge is 2.23. The molecule has 20 heavy (non-hydrogen) atoms. The molecule has 0 aliphatic heterocycles. The number of benzene rings is 1. The van der Waals surface area contributed by atoms with E-state index >= 15 is 0 Å². The molecule has 6 heteroatoms. The molecular formula is C14H15NO5. The predicted molar refractivity (Wildman–Crippen MR) is 72.0 cm³/mol. The van der Waals surface area contributed by atoms with Crippen LogP contribution in [0.5, 0.6) is 5.75 Å². The molecule has 106 valence electrons. The van der Waals surface area contributed by atoms with E-state index < -0.39 is 11.9 Å². The molecule has 0 fully saturated rings. The molecule has 1 aromatic carbocycles.